The molecule has 1 heterocycles. The predicted octanol–water partition coefficient (Wildman–Crippen LogP) is 2.73. The maximum atomic E-state index is 10.2. The van der Waals surface area contributed by atoms with Gasteiger partial charge in [-0.25, -0.2) is 0 Å². The van der Waals surface area contributed by atoms with E-state index >= 15 is 0 Å². The van der Waals surface area contributed by atoms with E-state index in [9.17, 15) is 4.79 Å². The van der Waals surface area contributed by atoms with Crippen LogP contribution >= 0.6 is 0 Å². The summed E-state index contributed by atoms with van der Waals surface area (Å²) in [7, 11) is 0. The normalized spacial score (nSPS) is 13.7. The maximum absolute atomic E-state index is 10.2. The summed E-state index contributed by atoms with van der Waals surface area (Å²) in [5.41, 5.74) is 0.961. The highest BCUT2D eigenvalue weighted by molar-refractivity contribution is 5.69. The number of carboxylic acid groups (broad SMARTS) is 1. The van der Waals surface area contributed by atoms with Gasteiger partial charge in [-0.15, -0.1) is 0 Å². The number of carbonyl (C=O) groups is 1. The number of hydrogen-bond donors (Lipinski definition) is 1. The zero-order chi connectivity index (χ0) is 11.6. The number of nitrogens with zero attached hydrogens (tertiary/aromatic N) is 1. The van der Waals surface area contributed by atoms with Crippen LogP contribution in [0.1, 0.15) is 40.5 Å². The molecule has 0 radical (unpaired) electrons. The highest BCUT2D eigenvalue weighted by Crippen LogP contribution is 2.17. The van der Waals surface area contributed by atoms with E-state index in [1.807, 2.05) is 32.6 Å². The summed E-state index contributed by atoms with van der Waals surface area (Å²) < 4.78 is 0. The van der Waals surface area contributed by atoms with Gasteiger partial charge in [0.2, 0.25) is 0 Å². The Hall–Kier alpha value is -0.990. The number of hydrogen-bond acceptors (Lipinski definition) is 2. The first-order valence-corrected chi connectivity index (χ1v) is 5.34. The molecule has 3 heteroatoms. The van der Waals surface area contributed by atoms with E-state index in [1.165, 1.54) is 0 Å². The minimum atomic E-state index is -0.775. The van der Waals surface area contributed by atoms with Crippen molar-refractivity contribution in [3.63, 3.8) is 0 Å². The quantitative estimate of drug-likeness (QED) is 0.746. The van der Waals surface area contributed by atoms with Crippen molar-refractivity contribution in [1.29, 1.82) is 0 Å². The monoisotopic (exact) mass is 201 g/mol. The minimum absolute atomic E-state index is 0.110. The summed E-state index contributed by atoms with van der Waals surface area (Å²) in [4.78, 5) is 12.0. The molecule has 14 heavy (non-hydrogen) atoms. The van der Waals surface area contributed by atoms with Crippen LogP contribution in [0.4, 0.5) is 0 Å². The summed E-state index contributed by atoms with van der Waals surface area (Å²) in [6.07, 6.45) is 2.00. The van der Waals surface area contributed by atoms with Crippen LogP contribution in [-0.2, 0) is 4.79 Å². The van der Waals surface area contributed by atoms with Gasteiger partial charge in [-0.05, 0) is 12.8 Å². The molecule has 1 aliphatic rings. The van der Waals surface area contributed by atoms with E-state index in [0.29, 0.717) is 0 Å². The van der Waals surface area contributed by atoms with Gasteiger partial charge in [0.05, 0.1) is 0 Å². The van der Waals surface area contributed by atoms with Gasteiger partial charge in [0.25, 0.3) is 0 Å². The molecule has 0 saturated carbocycles. The maximum Gasteiger partial charge on any atom is 0.323 e. The fourth-order valence-corrected chi connectivity index (χ4v) is 1.14. The van der Waals surface area contributed by atoms with Crippen LogP contribution in [0.15, 0.2) is 12.3 Å². The molecule has 1 aliphatic heterocycles. The van der Waals surface area contributed by atoms with E-state index in [0.717, 1.165) is 25.1 Å². The van der Waals surface area contributed by atoms with Crippen LogP contribution in [-0.4, -0.2) is 29.1 Å². The summed E-state index contributed by atoms with van der Waals surface area (Å²) >= 11 is 0. The van der Waals surface area contributed by atoms with Gasteiger partial charge in [0.15, 0.2) is 0 Å². The van der Waals surface area contributed by atoms with Crippen LogP contribution in [0.3, 0.4) is 0 Å². The molecule has 0 aromatic carbocycles. The van der Waals surface area contributed by atoms with Crippen LogP contribution in [0.25, 0.3) is 0 Å². The van der Waals surface area contributed by atoms with Crippen LogP contribution in [0.5, 0.6) is 0 Å². The molecule has 3 nitrogen and oxygen atoms in total. The van der Waals surface area contributed by atoms with Crippen LogP contribution in [0, 0.1) is 0 Å². The van der Waals surface area contributed by atoms with E-state index < -0.39 is 5.97 Å². The van der Waals surface area contributed by atoms with Crippen molar-refractivity contribution in [2.45, 2.75) is 40.5 Å². The average Bonchev–Trinajstić information content (AvgIpc) is 2.58. The fourth-order valence-electron chi connectivity index (χ4n) is 1.14. The van der Waals surface area contributed by atoms with Crippen molar-refractivity contribution in [2.75, 3.05) is 13.1 Å². The summed E-state index contributed by atoms with van der Waals surface area (Å²) in [6, 6.07) is 0. The standard InChI is InChI=1S/C7H11NO2.2C2H6/c1-6-3-2-4-8(6)5-7(9)10;2*1-2/h1-5H2,(H,9,10);2*1-2H3. The highest BCUT2D eigenvalue weighted by atomic mass is 16.4. The molecule has 1 N–H and O–H groups in total. The Balaban J connectivity index is 0. The lowest BCUT2D eigenvalue weighted by Crippen LogP contribution is -2.24. The van der Waals surface area contributed by atoms with E-state index in [1.54, 1.807) is 0 Å². The van der Waals surface area contributed by atoms with Gasteiger partial charge in [-0.2, -0.15) is 0 Å². The SMILES string of the molecule is C=C1CCCN1CC(=O)O.CC.CC. The summed E-state index contributed by atoms with van der Waals surface area (Å²) in [6.45, 7) is 12.7. The molecule has 0 aromatic heterocycles. The Morgan fingerprint density at radius 2 is 1.93 bits per heavy atom. The van der Waals surface area contributed by atoms with Crippen molar-refractivity contribution < 1.29 is 9.90 Å². The Morgan fingerprint density at radius 1 is 1.43 bits per heavy atom. The molecular weight excluding hydrogens is 178 g/mol. The topological polar surface area (TPSA) is 40.5 Å². The first kappa shape index (κ1) is 15.5. The largest absolute Gasteiger partial charge is 0.480 e. The number of allylic oxidation sites excluding steroid dienone is 1. The molecule has 1 rings (SSSR count). The second-order valence-electron chi connectivity index (χ2n) is 2.49. The highest BCUT2D eigenvalue weighted by Gasteiger charge is 2.16. The molecule has 1 fully saturated rings. The molecule has 0 aliphatic carbocycles. The van der Waals surface area contributed by atoms with E-state index in [4.69, 9.17) is 5.11 Å². The van der Waals surface area contributed by atoms with Crippen molar-refractivity contribution in [2.24, 2.45) is 0 Å². The molecule has 0 bridgehead atoms. The van der Waals surface area contributed by atoms with Gasteiger partial charge in [0, 0.05) is 12.2 Å². The third-order valence-corrected chi connectivity index (χ3v) is 1.67. The van der Waals surface area contributed by atoms with Crippen LogP contribution in [0.2, 0.25) is 0 Å². The molecule has 0 aromatic rings. The lowest BCUT2D eigenvalue weighted by atomic mass is 10.3. The zero-order valence-electron chi connectivity index (χ0n) is 9.84. The first-order valence-electron chi connectivity index (χ1n) is 5.34. The molecule has 84 valence electrons. The summed E-state index contributed by atoms with van der Waals surface area (Å²) in [5, 5.41) is 8.41. The molecular formula is C11H23NO2. The van der Waals surface area contributed by atoms with Gasteiger partial charge in [0.1, 0.15) is 6.54 Å². The van der Waals surface area contributed by atoms with E-state index in [2.05, 4.69) is 6.58 Å². The van der Waals surface area contributed by atoms with Crippen molar-refractivity contribution >= 4 is 5.97 Å². The van der Waals surface area contributed by atoms with Gasteiger partial charge in [-0.1, -0.05) is 34.3 Å². The average molecular weight is 201 g/mol. The Labute approximate surface area is 87.4 Å². The second kappa shape index (κ2) is 10.1. The predicted molar refractivity (Wildman–Crippen MR) is 60.3 cm³/mol. The molecule has 1 saturated heterocycles. The number of carboxylic acids is 1. The van der Waals surface area contributed by atoms with Crippen molar-refractivity contribution in [1.82, 2.24) is 4.90 Å². The summed E-state index contributed by atoms with van der Waals surface area (Å²) in [5.74, 6) is -0.775. The smallest absolute Gasteiger partial charge is 0.323 e. The fraction of sp³-hybridized carbons (Fsp3) is 0.727. The lowest BCUT2D eigenvalue weighted by molar-refractivity contribution is -0.137. The van der Waals surface area contributed by atoms with Crippen molar-refractivity contribution in [3.8, 4) is 0 Å². The second-order valence-corrected chi connectivity index (χ2v) is 2.49. The van der Waals surface area contributed by atoms with Gasteiger partial charge < -0.3 is 10.0 Å². The van der Waals surface area contributed by atoms with Gasteiger partial charge >= 0.3 is 5.97 Å². The Kier molecular flexibility index (Phi) is 11.2. The number of likely N-dealkylation sites (tertiary alicyclic amines) is 1. The van der Waals surface area contributed by atoms with Crippen molar-refractivity contribution in [3.05, 3.63) is 12.3 Å². The molecule has 0 unspecified atom stereocenters. The number of rotatable bonds is 2. The lowest BCUT2D eigenvalue weighted by Gasteiger charge is -2.15. The molecule has 0 spiro atoms. The third kappa shape index (κ3) is 6.52. The third-order valence-electron chi connectivity index (χ3n) is 1.67. The first-order chi connectivity index (χ1) is 6.70. The molecule has 0 atom stereocenters. The van der Waals surface area contributed by atoms with Crippen LogP contribution < -0.4 is 0 Å². The van der Waals surface area contributed by atoms with E-state index in [-0.39, 0.29) is 6.54 Å². The Bertz CT molecular complexity index is 167. The molecule has 0 amide bonds. The number of aliphatic carboxylic acids is 1. The zero-order valence-corrected chi connectivity index (χ0v) is 9.84. The Morgan fingerprint density at radius 3 is 2.21 bits per heavy atom. The minimum Gasteiger partial charge on any atom is -0.480 e. The van der Waals surface area contributed by atoms with Gasteiger partial charge in [-0.3, -0.25) is 4.79 Å².